The Morgan fingerprint density at radius 2 is 2.15 bits per heavy atom. The fourth-order valence-corrected chi connectivity index (χ4v) is 2.55. The first-order chi connectivity index (χ1) is 9.57. The molecule has 1 aliphatic rings. The zero-order chi connectivity index (χ0) is 14.6. The molecule has 0 spiro atoms. The van der Waals surface area contributed by atoms with Crippen LogP contribution in [0.4, 0.5) is 10.7 Å². The van der Waals surface area contributed by atoms with Crippen LogP contribution in [-0.4, -0.2) is 45.1 Å². The lowest BCUT2D eigenvalue weighted by molar-refractivity contribution is -0.148. The highest BCUT2D eigenvalue weighted by molar-refractivity contribution is 5.88. The lowest BCUT2D eigenvalue weighted by Gasteiger charge is -2.24. The summed E-state index contributed by atoms with van der Waals surface area (Å²) < 4.78 is 0. The van der Waals surface area contributed by atoms with Crippen molar-refractivity contribution in [1.29, 1.82) is 0 Å². The molecule has 1 saturated heterocycles. The van der Waals surface area contributed by atoms with Crippen molar-refractivity contribution in [1.82, 2.24) is 14.9 Å². The summed E-state index contributed by atoms with van der Waals surface area (Å²) in [5, 5.41) is 12.0. The second-order valence-electron chi connectivity index (χ2n) is 5.01. The van der Waals surface area contributed by atoms with Gasteiger partial charge in [-0.3, -0.25) is 10.1 Å². The first kappa shape index (κ1) is 14.2. The maximum atomic E-state index is 12.1. The lowest BCUT2D eigenvalue weighted by atomic mass is 9.83. The van der Waals surface area contributed by atoms with Crippen molar-refractivity contribution in [3.8, 4) is 0 Å². The fraction of sp³-hybridized carbons (Fsp3) is 0.538. The molecule has 1 unspecified atom stereocenters. The molecule has 2 amide bonds. The third-order valence-electron chi connectivity index (χ3n) is 3.61. The summed E-state index contributed by atoms with van der Waals surface area (Å²) in [6.07, 6.45) is 4.91. The quantitative estimate of drug-likeness (QED) is 0.871. The molecular formula is C13H18N4O3. The van der Waals surface area contributed by atoms with Gasteiger partial charge in [-0.05, 0) is 18.9 Å². The van der Waals surface area contributed by atoms with E-state index >= 15 is 0 Å². The maximum absolute atomic E-state index is 12.1. The lowest BCUT2D eigenvalue weighted by Crippen LogP contribution is -2.38. The summed E-state index contributed by atoms with van der Waals surface area (Å²) in [6.45, 7) is 2.62. The van der Waals surface area contributed by atoms with Crippen molar-refractivity contribution in [3.63, 3.8) is 0 Å². The Kier molecular flexibility index (Phi) is 4.16. The first-order valence-electron chi connectivity index (χ1n) is 6.64. The van der Waals surface area contributed by atoms with E-state index in [0.717, 1.165) is 6.42 Å². The number of aliphatic carboxylic acids is 1. The molecule has 1 aliphatic heterocycles. The topological polar surface area (TPSA) is 95.4 Å². The van der Waals surface area contributed by atoms with Crippen molar-refractivity contribution in [2.45, 2.75) is 26.2 Å². The molecule has 20 heavy (non-hydrogen) atoms. The third kappa shape index (κ3) is 2.87. The zero-order valence-electron chi connectivity index (χ0n) is 11.4. The number of amides is 2. The molecule has 0 radical (unpaired) electrons. The molecule has 1 aromatic heterocycles. The molecule has 2 N–H and O–H groups in total. The fourth-order valence-electron chi connectivity index (χ4n) is 2.55. The van der Waals surface area contributed by atoms with Crippen molar-refractivity contribution in [2.24, 2.45) is 5.41 Å². The largest absolute Gasteiger partial charge is 0.481 e. The van der Waals surface area contributed by atoms with E-state index in [-0.39, 0.29) is 18.5 Å². The molecule has 2 heterocycles. The number of hydrogen-bond acceptors (Lipinski definition) is 4. The van der Waals surface area contributed by atoms with E-state index in [1.54, 1.807) is 6.07 Å². The summed E-state index contributed by atoms with van der Waals surface area (Å²) in [5.74, 6) is -0.605. The number of urea groups is 1. The highest BCUT2D eigenvalue weighted by Gasteiger charge is 2.45. The Bertz CT molecular complexity index is 494. The molecule has 0 bridgehead atoms. The number of likely N-dealkylation sites (tertiary alicyclic amines) is 1. The zero-order valence-corrected chi connectivity index (χ0v) is 11.4. The number of carbonyl (C=O) groups is 2. The molecule has 1 atom stereocenters. The predicted octanol–water partition coefficient (Wildman–Crippen LogP) is 1.59. The van der Waals surface area contributed by atoms with Crippen LogP contribution < -0.4 is 5.32 Å². The van der Waals surface area contributed by atoms with Crippen molar-refractivity contribution in [3.05, 3.63) is 18.5 Å². The van der Waals surface area contributed by atoms with Gasteiger partial charge in [0.05, 0.1) is 5.41 Å². The van der Waals surface area contributed by atoms with Gasteiger partial charge in [0.15, 0.2) is 0 Å². The van der Waals surface area contributed by atoms with Crippen molar-refractivity contribution >= 4 is 17.9 Å². The normalized spacial score (nSPS) is 21.8. The van der Waals surface area contributed by atoms with E-state index < -0.39 is 11.4 Å². The molecule has 2 rings (SSSR count). The summed E-state index contributed by atoms with van der Waals surface area (Å²) >= 11 is 0. The van der Waals surface area contributed by atoms with Gasteiger partial charge in [-0.25, -0.2) is 14.8 Å². The minimum absolute atomic E-state index is 0.223. The minimum atomic E-state index is -0.828. The Labute approximate surface area is 117 Å². The van der Waals surface area contributed by atoms with Gasteiger partial charge in [-0.2, -0.15) is 0 Å². The van der Waals surface area contributed by atoms with Crippen LogP contribution in [0.2, 0.25) is 0 Å². The molecule has 7 heteroatoms. The average Bonchev–Trinajstić information content (AvgIpc) is 2.86. The molecule has 0 aromatic carbocycles. The molecule has 7 nitrogen and oxygen atoms in total. The van der Waals surface area contributed by atoms with Gasteiger partial charge in [-0.15, -0.1) is 0 Å². The summed E-state index contributed by atoms with van der Waals surface area (Å²) in [5.41, 5.74) is -0.816. The van der Waals surface area contributed by atoms with Crippen LogP contribution in [0.5, 0.6) is 0 Å². The highest BCUT2D eigenvalue weighted by atomic mass is 16.4. The van der Waals surface area contributed by atoms with Crippen molar-refractivity contribution in [2.75, 3.05) is 18.4 Å². The van der Waals surface area contributed by atoms with Gasteiger partial charge in [-0.1, -0.05) is 13.3 Å². The van der Waals surface area contributed by atoms with Crippen LogP contribution >= 0.6 is 0 Å². The van der Waals surface area contributed by atoms with Gasteiger partial charge in [0.25, 0.3) is 0 Å². The Balaban J connectivity index is 2.01. The number of aromatic nitrogens is 2. The molecule has 0 aliphatic carbocycles. The molecule has 1 fully saturated rings. The van der Waals surface area contributed by atoms with E-state index in [9.17, 15) is 14.7 Å². The number of anilines is 1. The average molecular weight is 278 g/mol. The van der Waals surface area contributed by atoms with Crippen LogP contribution in [0.25, 0.3) is 0 Å². The Morgan fingerprint density at radius 1 is 1.45 bits per heavy atom. The molecule has 1 aromatic rings. The predicted molar refractivity (Wildman–Crippen MR) is 72.2 cm³/mol. The minimum Gasteiger partial charge on any atom is -0.481 e. The van der Waals surface area contributed by atoms with Crippen LogP contribution in [0, 0.1) is 5.41 Å². The number of nitrogens with one attached hydrogen (secondary N) is 1. The standard InChI is InChI=1S/C13H18N4O3/c1-2-4-13(10(18)19)5-8-17(9-13)12(20)16-11-14-6-3-7-15-11/h3,6-7H,2,4-5,8-9H2,1H3,(H,18,19)(H,14,15,16,20). The van der Waals surface area contributed by atoms with Gasteiger partial charge in [0.1, 0.15) is 0 Å². The van der Waals surface area contributed by atoms with Crippen LogP contribution in [0.3, 0.4) is 0 Å². The number of rotatable bonds is 4. The molecule has 0 saturated carbocycles. The number of carboxylic acid groups (broad SMARTS) is 1. The summed E-state index contributed by atoms with van der Waals surface area (Å²) in [4.78, 5) is 32.9. The first-order valence-corrected chi connectivity index (χ1v) is 6.64. The Hall–Kier alpha value is -2.18. The van der Waals surface area contributed by atoms with Gasteiger partial charge in [0.2, 0.25) is 5.95 Å². The number of carboxylic acids is 1. The van der Waals surface area contributed by atoms with Crippen LogP contribution in [-0.2, 0) is 4.79 Å². The van der Waals surface area contributed by atoms with Gasteiger partial charge >= 0.3 is 12.0 Å². The van der Waals surface area contributed by atoms with E-state index in [4.69, 9.17) is 0 Å². The van der Waals surface area contributed by atoms with Gasteiger partial charge in [0, 0.05) is 25.5 Å². The van der Waals surface area contributed by atoms with E-state index in [1.807, 2.05) is 6.92 Å². The molecule has 108 valence electrons. The number of nitrogens with zero attached hydrogens (tertiary/aromatic N) is 3. The van der Waals surface area contributed by atoms with E-state index in [2.05, 4.69) is 15.3 Å². The SMILES string of the molecule is CCCC1(C(=O)O)CCN(C(=O)Nc2ncccn2)C1. The summed E-state index contributed by atoms with van der Waals surface area (Å²) in [7, 11) is 0. The highest BCUT2D eigenvalue weighted by Crippen LogP contribution is 2.35. The third-order valence-corrected chi connectivity index (χ3v) is 3.61. The summed E-state index contributed by atoms with van der Waals surface area (Å²) in [6, 6.07) is 1.30. The van der Waals surface area contributed by atoms with Crippen LogP contribution in [0.15, 0.2) is 18.5 Å². The number of hydrogen-bond donors (Lipinski definition) is 2. The second-order valence-corrected chi connectivity index (χ2v) is 5.01. The van der Waals surface area contributed by atoms with E-state index in [0.29, 0.717) is 19.4 Å². The van der Waals surface area contributed by atoms with Crippen molar-refractivity contribution < 1.29 is 14.7 Å². The van der Waals surface area contributed by atoms with E-state index in [1.165, 1.54) is 17.3 Å². The maximum Gasteiger partial charge on any atom is 0.324 e. The Morgan fingerprint density at radius 3 is 2.75 bits per heavy atom. The van der Waals surface area contributed by atoms with Crippen LogP contribution in [0.1, 0.15) is 26.2 Å². The number of carbonyl (C=O) groups excluding carboxylic acids is 1. The monoisotopic (exact) mass is 278 g/mol. The second kappa shape index (κ2) is 5.85. The smallest absolute Gasteiger partial charge is 0.324 e. The molecular weight excluding hydrogens is 260 g/mol. The van der Waals surface area contributed by atoms with Gasteiger partial charge < -0.3 is 10.0 Å².